The predicted octanol–water partition coefficient (Wildman–Crippen LogP) is 0.712. The van der Waals surface area contributed by atoms with Crippen molar-refractivity contribution in [2.45, 2.75) is 19.0 Å². The van der Waals surface area contributed by atoms with Crippen molar-refractivity contribution in [3.8, 4) is 0 Å². The Bertz CT molecular complexity index is 394. The molecule has 0 radical (unpaired) electrons. The zero-order valence-electron chi connectivity index (χ0n) is 10.7. The largest absolute Gasteiger partial charge is 0.396 e. The number of carbonyl (C=O) groups is 1. The Hall–Kier alpha value is -1.39. The van der Waals surface area contributed by atoms with Crippen molar-refractivity contribution in [2.75, 3.05) is 26.7 Å². The Labute approximate surface area is 108 Å². The predicted molar refractivity (Wildman–Crippen MR) is 70.0 cm³/mol. The van der Waals surface area contributed by atoms with E-state index in [0.717, 1.165) is 19.6 Å². The second-order valence-corrected chi connectivity index (χ2v) is 4.74. The minimum absolute atomic E-state index is 0.0511. The topological polar surface area (TPSA) is 43.8 Å². The molecule has 1 unspecified atom stereocenters. The van der Waals surface area contributed by atoms with Gasteiger partial charge >= 0.3 is 0 Å². The molecule has 0 aliphatic carbocycles. The fraction of sp³-hybridized carbons (Fsp3) is 0.500. The van der Waals surface area contributed by atoms with E-state index in [4.69, 9.17) is 5.11 Å². The maximum atomic E-state index is 12.1. The lowest BCUT2D eigenvalue weighted by Crippen LogP contribution is -2.55. The number of amides is 1. The Balaban J connectivity index is 2.08. The third kappa shape index (κ3) is 2.89. The number of likely N-dealkylation sites (N-methyl/N-ethyl adjacent to an activating group) is 1. The molecule has 0 aromatic heterocycles. The SMILES string of the molecule is CN1CCN(Cc2ccccc2)C(CCO)C1=O. The first kappa shape index (κ1) is 13.1. The van der Waals surface area contributed by atoms with Crippen LogP contribution in [0.2, 0.25) is 0 Å². The second kappa shape index (κ2) is 5.98. The summed E-state index contributed by atoms with van der Waals surface area (Å²) in [6.07, 6.45) is 0.510. The van der Waals surface area contributed by atoms with Crippen molar-refractivity contribution < 1.29 is 9.90 Å². The first-order valence-corrected chi connectivity index (χ1v) is 6.36. The summed E-state index contributed by atoms with van der Waals surface area (Å²) in [6, 6.07) is 9.96. The van der Waals surface area contributed by atoms with Crippen LogP contribution in [0, 0.1) is 0 Å². The molecule has 1 aromatic carbocycles. The average Bonchev–Trinajstić information content (AvgIpc) is 2.39. The molecule has 1 fully saturated rings. The van der Waals surface area contributed by atoms with E-state index in [-0.39, 0.29) is 18.6 Å². The van der Waals surface area contributed by atoms with Gasteiger partial charge in [-0.15, -0.1) is 0 Å². The molecule has 0 bridgehead atoms. The number of aliphatic hydroxyl groups excluding tert-OH is 1. The quantitative estimate of drug-likeness (QED) is 0.853. The number of nitrogens with zero attached hydrogens (tertiary/aromatic N) is 2. The Kier molecular flexibility index (Phi) is 4.33. The molecule has 1 saturated heterocycles. The van der Waals surface area contributed by atoms with E-state index in [1.165, 1.54) is 5.56 Å². The normalized spacial score (nSPS) is 21.3. The molecule has 1 aliphatic heterocycles. The second-order valence-electron chi connectivity index (χ2n) is 4.74. The molecule has 4 heteroatoms. The third-order valence-corrected chi connectivity index (χ3v) is 3.46. The molecule has 4 nitrogen and oxygen atoms in total. The standard InChI is InChI=1S/C14H20N2O2/c1-15-8-9-16(13(7-10-17)14(15)18)11-12-5-3-2-4-6-12/h2-6,13,17H,7-11H2,1H3. The van der Waals surface area contributed by atoms with Crippen molar-refractivity contribution in [3.05, 3.63) is 35.9 Å². The van der Waals surface area contributed by atoms with Crippen LogP contribution >= 0.6 is 0 Å². The van der Waals surface area contributed by atoms with Crippen LogP contribution in [-0.2, 0) is 11.3 Å². The van der Waals surface area contributed by atoms with Gasteiger partial charge in [-0.25, -0.2) is 0 Å². The van der Waals surface area contributed by atoms with E-state index in [1.807, 2.05) is 25.2 Å². The van der Waals surface area contributed by atoms with Gasteiger partial charge in [0.15, 0.2) is 0 Å². The highest BCUT2D eigenvalue weighted by atomic mass is 16.3. The average molecular weight is 248 g/mol. The molecular weight excluding hydrogens is 228 g/mol. The number of piperazine rings is 1. The maximum absolute atomic E-state index is 12.1. The number of rotatable bonds is 4. The van der Waals surface area contributed by atoms with E-state index in [0.29, 0.717) is 6.42 Å². The summed E-state index contributed by atoms with van der Waals surface area (Å²) < 4.78 is 0. The lowest BCUT2D eigenvalue weighted by molar-refractivity contribution is -0.141. The monoisotopic (exact) mass is 248 g/mol. The highest BCUT2D eigenvalue weighted by Crippen LogP contribution is 2.16. The first-order valence-electron chi connectivity index (χ1n) is 6.36. The molecular formula is C14H20N2O2. The van der Waals surface area contributed by atoms with Gasteiger partial charge in [0.25, 0.3) is 0 Å². The van der Waals surface area contributed by atoms with Gasteiger partial charge in [-0.3, -0.25) is 9.69 Å². The fourth-order valence-corrected chi connectivity index (χ4v) is 2.39. The molecule has 0 spiro atoms. The van der Waals surface area contributed by atoms with Crippen LogP contribution in [0.3, 0.4) is 0 Å². The molecule has 1 aromatic rings. The van der Waals surface area contributed by atoms with Gasteiger partial charge in [-0.05, 0) is 12.0 Å². The zero-order chi connectivity index (χ0) is 13.0. The van der Waals surface area contributed by atoms with Crippen molar-refractivity contribution in [3.63, 3.8) is 0 Å². The number of aliphatic hydroxyl groups is 1. The van der Waals surface area contributed by atoms with Gasteiger partial charge in [0, 0.05) is 33.3 Å². The van der Waals surface area contributed by atoms with Crippen LogP contribution in [-0.4, -0.2) is 53.6 Å². The molecule has 1 atom stereocenters. The van der Waals surface area contributed by atoms with Crippen LogP contribution < -0.4 is 0 Å². The lowest BCUT2D eigenvalue weighted by Gasteiger charge is -2.39. The number of hydrogen-bond acceptors (Lipinski definition) is 3. The molecule has 18 heavy (non-hydrogen) atoms. The summed E-state index contributed by atoms with van der Waals surface area (Å²) in [5.41, 5.74) is 1.21. The summed E-state index contributed by atoms with van der Waals surface area (Å²) in [5, 5.41) is 9.11. The third-order valence-electron chi connectivity index (χ3n) is 3.46. The van der Waals surface area contributed by atoms with Gasteiger partial charge in [0.2, 0.25) is 5.91 Å². The summed E-state index contributed by atoms with van der Waals surface area (Å²) in [6.45, 7) is 2.44. The molecule has 2 rings (SSSR count). The van der Waals surface area contributed by atoms with Gasteiger partial charge in [-0.1, -0.05) is 30.3 Å². The molecule has 1 N–H and O–H groups in total. The van der Waals surface area contributed by atoms with Crippen LogP contribution in [0.15, 0.2) is 30.3 Å². The molecule has 1 aliphatic rings. The van der Waals surface area contributed by atoms with Gasteiger partial charge < -0.3 is 10.0 Å². The number of benzene rings is 1. The van der Waals surface area contributed by atoms with Crippen molar-refractivity contribution in [2.24, 2.45) is 0 Å². The summed E-state index contributed by atoms with van der Waals surface area (Å²) >= 11 is 0. The van der Waals surface area contributed by atoms with E-state index in [1.54, 1.807) is 4.90 Å². The molecule has 1 heterocycles. The van der Waals surface area contributed by atoms with Gasteiger partial charge in [0.05, 0.1) is 6.04 Å². The molecule has 0 saturated carbocycles. The summed E-state index contributed by atoms with van der Waals surface area (Å²) in [4.78, 5) is 16.0. The lowest BCUT2D eigenvalue weighted by atomic mass is 10.1. The Morgan fingerprint density at radius 1 is 1.28 bits per heavy atom. The van der Waals surface area contributed by atoms with Gasteiger partial charge in [-0.2, -0.15) is 0 Å². The Morgan fingerprint density at radius 3 is 2.67 bits per heavy atom. The van der Waals surface area contributed by atoms with E-state index in [2.05, 4.69) is 17.0 Å². The highest BCUT2D eigenvalue weighted by molar-refractivity contribution is 5.82. The smallest absolute Gasteiger partial charge is 0.239 e. The van der Waals surface area contributed by atoms with Crippen molar-refractivity contribution >= 4 is 5.91 Å². The Morgan fingerprint density at radius 2 is 2.00 bits per heavy atom. The van der Waals surface area contributed by atoms with E-state index < -0.39 is 0 Å². The first-order chi connectivity index (χ1) is 8.72. The van der Waals surface area contributed by atoms with Crippen LogP contribution in [0.4, 0.5) is 0 Å². The minimum atomic E-state index is -0.186. The molecule has 1 amide bonds. The molecule has 98 valence electrons. The number of carbonyl (C=O) groups excluding carboxylic acids is 1. The van der Waals surface area contributed by atoms with Crippen LogP contribution in [0.5, 0.6) is 0 Å². The summed E-state index contributed by atoms with van der Waals surface area (Å²) in [7, 11) is 1.83. The van der Waals surface area contributed by atoms with E-state index >= 15 is 0 Å². The maximum Gasteiger partial charge on any atom is 0.239 e. The fourth-order valence-electron chi connectivity index (χ4n) is 2.39. The van der Waals surface area contributed by atoms with Gasteiger partial charge in [0.1, 0.15) is 0 Å². The minimum Gasteiger partial charge on any atom is -0.396 e. The van der Waals surface area contributed by atoms with Crippen molar-refractivity contribution in [1.29, 1.82) is 0 Å². The van der Waals surface area contributed by atoms with E-state index in [9.17, 15) is 4.79 Å². The van der Waals surface area contributed by atoms with Crippen LogP contribution in [0.25, 0.3) is 0 Å². The van der Waals surface area contributed by atoms with Crippen LogP contribution in [0.1, 0.15) is 12.0 Å². The zero-order valence-corrected chi connectivity index (χ0v) is 10.7. The van der Waals surface area contributed by atoms with Crippen molar-refractivity contribution in [1.82, 2.24) is 9.80 Å². The highest BCUT2D eigenvalue weighted by Gasteiger charge is 2.32. The number of hydrogen-bond donors (Lipinski definition) is 1. The summed E-state index contributed by atoms with van der Waals surface area (Å²) in [5.74, 6) is 0.117.